The summed E-state index contributed by atoms with van der Waals surface area (Å²) in [6, 6.07) is 13.2. The molecule has 7 rings (SSSR count). The number of carbonyl (C=O) groups is 1. The molecule has 2 aromatic carbocycles. The number of nitrogens with one attached hydrogen (secondary N) is 1. The minimum atomic E-state index is 0.170. The van der Waals surface area contributed by atoms with Crippen LogP contribution in [0.15, 0.2) is 48.7 Å². The molecule has 0 radical (unpaired) electrons. The summed E-state index contributed by atoms with van der Waals surface area (Å²) in [4.78, 5) is 13.5. The van der Waals surface area contributed by atoms with E-state index in [1.54, 1.807) is 6.07 Å². The van der Waals surface area contributed by atoms with Gasteiger partial charge in [-0.1, -0.05) is 46.9 Å². The normalized spacial score (nSPS) is 26.1. The summed E-state index contributed by atoms with van der Waals surface area (Å²) in [5, 5.41) is 5.72. The molecule has 1 heterocycles. The van der Waals surface area contributed by atoms with Crippen LogP contribution in [0, 0.1) is 24.7 Å². The Morgan fingerprint density at radius 3 is 2.19 bits per heavy atom. The van der Waals surface area contributed by atoms with Gasteiger partial charge in [-0.15, -0.1) is 0 Å². The lowest BCUT2D eigenvalue weighted by atomic mass is 9.53. The minimum Gasteiger partial charge on any atom is -0.314 e. The second-order valence-corrected chi connectivity index (χ2v) is 12.9. The fraction of sp³-hybridized carbons (Fsp3) is 0.452. The average molecular weight is 556 g/mol. The lowest BCUT2D eigenvalue weighted by molar-refractivity contribution is -0.0195. The van der Waals surface area contributed by atoms with Crippen LogP contribution in [0.25, 0.3) is 16.9 Å². The molecule has 0 atom stereocenters. The van der Waals surface area contributed by atoms with E-state index in [0.717, 1.165) is 58.8 Å². The molecule has 4 aliphatic rings. The van der Waals surface area contributed by atoms with Crippen molar-refractivity contribution < 1.29 is 4.79 Å². The van der Waals surface area contributed by atoms with E-state index in [1.165, 1.54) is 38.5 Å². The molecule has 37 heavy (non-hydrogen) atoms. The fourth-order valence-electron chi connectivity index (χ4n) is 7.77. The van der Waals surface area contributed by atoms with Crippen molar-refractivity contribution in [1.82, 2.24) is 9.88 Å². The maximum Gasteiger partial charge on any atom is 0.164 e. The molecule has 4 aliphatic carbocycles. The summed E-state index contributed by atoms with van der Waals surface area (Å²) in [7, 11) is 0. The van der Waals surface area contributed by atoms with Gasteiger partial charge in [0.05, 0.1) is 16.4 Å². The molecule has 194 valence electrons. The molecule has 3 aromatic rings. The van der Waals surface area contributed by atoms with E-state index in [1.807, 2.05) is 54.1 Å². The van der Waals surface area contributed by atoms with Crippen molar-refractivity contribution in [1.29, 1.82) is 0 Å². The maximum absolute atomic E-state index is 13.5. The highest BCUT2D eigenvalue weighted by atomic mass is 35.5. The van der Waals surface area contributed by atoms with E-state index >= 15 is 0 Å². The third kappa shape index (κ3) is 5.01. The summed E-state index contributed by atoms with van der Waals surface area (Å²) in [6.07, 6.45) is 11.7. The molecular formula is C31H33Cl3N2O. The number of aromatic nitrogens is 1. The first-order valence-electron chi connectivity index (χ1n) is 13.5. The van der Waals surface area contributed by atoms with Crippen LogP contribution in [0.2, 0.25) is 15.1 Å². The molecular weight excluding hydrogens is 523 g/mol. The first-order chi connectivity index (χ1) is 17.8. The van der Waals surface area contributed by atoms with Crippen molar-refractivity contribution in [3.8, 4) is 16.9 Å². The second-order valence-electron chi connectivity index (χ2n) is 11.6. The highest BCUT2D eigenvalue weighted by Crippen LogP contribution is 2.55. The Hall–Kier alpha value is -1.78. The van der Waals surface area contributed by atoms with Gasteiger partial charge in [0.2, 0.25) is 0 Å². The van der Waals surface area contributed by atoms with E-state index < -0.39 is 0 Å². The molecule has 4 fully saturated rings. The first-order valence-corrected chi connectivity index (χ1v) is 14.7. The molecule has 3 nitrogen and oxygen atoms in total. The third-order valence-corrected chi connectivity index (χ3v) is 9.75. The Balaban J connectivity index is 1.21. The molecule has 0 amide bonds. The largest absolute Gasteiger partial charge is 0.314 e. The number of benzene rings is 2. The van der Waals surface area contributed by atoms with Gasteiger partial charge in [0.15, 0.2) is 5.78 Å². The number of Topliss-reactive ketones (excluding diaryl/α,β-unsaturated/α-hetero) is 1. The van der Waals surface area contributed by atoms with Gasteiger partial charge in [-0.2, -0.15) is 0 Å². The topological polar surface area (TPSA) is 34.0 Å². The summed E-state index contributed by atoms with van der Waals surface area (Å²) < 4.78 is 2.01. The molecule has 0 spiro atoms. The van der Waals surface area contributed by atoms with E-state index in [2.05, 4.69) is 5.32 Å². The lowest BCUT2D eigenvalue weighted by Crippen LogP contribution is -2.58. The first kappa shape index (κ1) is 25.5. The number of rotatable bonds is 8. The van der Waals surface area contributed by atoms with Crippen molar-refractivity contribution in [2.45, 2.75) is 63.8 Å². The molecule has 4 saturated carbocycles. The van der Waals surface area contributed by atoms with Crippen LogP contribution in [0.5, 0.6) is 0 Å². The van der Waals surface area contributed by atoms with Crippen molar-refractivity contribution in [2.75, 3.05) is 6.54 Å². The summed E-state index contributed by atoms with van der Waals surface area (Å²) >= 11 is 18.9. The third-order valence-electron chi connectivity index (χ3n) is 8.96. The van der Waals surface area contributed by atoms with E-state index in [9.17, 15) is 4.79 Å². The monoisotopic (exact) mass is 554 g/mol. The second kappa shape index (κ2) is 10.1. The number of hydrogen-bond donors (Lipinski definition) is 1. The Morgan fingerprint density at radius 2 is 1.57 bits per heavy atom. The lowest BCUT2D eigenvalue weighted by Gasteiger charge is -2.57. The molecule has 0 saturated heterocycles. The fourth-order valence-corrected chi connectivity index (χ4v) is 8.40. The van der Waals surface area contributed by atoms with Crippen molar-refractivity contribution in [2.24, 2.45) is 17.8 Å². The predicted octanol–water partition coefficient (Wildman–Crippen LogP) is 8.93. The molecule has 0 aliphatic heterocycles. The van der Waals surface area contributed by atoms with Crippen molar-refractivity contribution in [3.05, 3.63) is 74.9 Å². The number of ketones is 1. The summed E-state index contributed by atoms with van der Waals surface area (Å²) in [5.41, 5.74) is 4.75. The van der Waals surface area contributed by atoms with E-state index in [0.29, 0.717) is 27.0 Å². The minimum absolute atomic E-state index is 0.170. The Morgan fingerprint density at radius 1 is 0.946 bits per heavy atom. The Bertz CT molecular complexity index is 1290. The Labute approximate surface area is 234 Å². The molecule has 0 unspecified atom stereocenters. The van der Waals surface area contributed by atoms with Gasteiger partial charge in [-0.3, -0.25) is 4.79 Å². The molecule has 4 bridgehead atoms. The highest BCUT2D eigenvalue weighted by Gasteiger charge is 2.50. The van der Waals surface area contributed by atoms with Crippen LogP contribution >= 0.6 is 34.8 Å². The van der Waals surface area contributed by atoms with Crippen LogP contribution in [-0.2, 0) is 0 Å². The quantitative estimate of drug-likeness (QED) is 0.222. The number of nitrogens with zero attached hydrogens (tertiary/aromatic N) is 1. The smallest absolute Gasteiger partial charge is 0.164 e. The number of hydrogen-bond acceptors (Lipinski definition) is 2. The maximum atomic E-state index is 13.5. The van der Waals surface area contributed by atoms with Crippen LogP contribution in [0.4, 0.5) is 0 Å². The zero-order valence-electron chi connectivity index (χ0n) is 21.2. The SMILES string of the molecule is Cc1c(C(=O)CCCNC23CC4CC(CC(C4)C2)C3)cn(-c2ccc(Cl)cc2Cl)c1-c1ccc(Cl)cc1. The van der Waals surface area contributed by atoms with Gasteiger partial charge in [0, 0.05) is 33.8 Å². The Kier molecular flexibility index (Phi) is 6.94. The average Bonchev–Trinajstić information content (AvgIpc) is 3.18. The zero-order valence-corrected chi connectivity index (χ0v) is 23.5. The van der Waals surface area contributed by atoms with Crippen molar-refractivity contribution in [3.63, 3.8) is 0 Å². The summed E-state index contributed by atoms with van der Waals surface area (Å²) in [6.45, 7) is 2.93. The van der Waals surface area contributed by atoms with E-state index in [-0.39, 0.29) is 5.78 Å². The van der Waals surface area contributed by atoms with Gasteiger partial charge >= 0.3 is 0 Å². The van der Waals surface area contributed by atoms with E-state index in [4.69, 9.17) is 34.8 Å². The van der Waals surface area contributed by atoms with Gasteiger partial charge < -0.3 is 9.88 Å². The number of halogens is 3. The van der Waals surface area contributed by atoms with Crippen LogP contribution < -0.4 is 5.32 Å². The highest BCUT2D eigenvalue weighted by molar-refractivity contribution is 6.35. The van der Waals surface area contributed by atoms with Gasteiger partial charge in [0.25, 0.3) is 0 Å². The van der Waals surface area contributed by atoms with Gasteiger partial charge in [0.1, 0.15) is 0 Å². The van der Waals surface area contributed by atoms with Crippen LogP contribution in [0.3, 0.4) is 0 Å². The summed E-state index contributed by atoms with van der Waals surface area (Å²) in [5.74, 6) is 2.94. The van der Waals surface area contributed by atoms with Gasteiger partial charge in [-0.05, 0) is 118 Å². The van der Waals surface area contributed by atoms with Crippen LogP contribution in [-0.4, -0.2) is 22.4 Å². The van der Waals surface area contributed by atoms with Crippen LogP contribution in [0.1, 0.15) is 67.3 Å². The standard InChI is InChI=1S/C31H33Cl3N2O/c1-19-26(29(37)3-2-10-35-31-15-20-11-21(16-31)13-22(12-20)17-31)18-36(28-9-8-25(33)14-27(28)34)30(19)23-4-6-24(32)7-5-23/h4-9,14,18,20-22,35H,2-3,10-13,15-17H2,1H3. The van der Waals surface area contributed by atoms with Crippen molar-refractivity contribution >= 4 is 40.6 Å². The number of carbonyl (C=O) groups excluding carboxylic acids is 1. The van der Waals surface area contributed by atoms with Gasteiger partial charge in [-0.25, -0.2) is 0 Å². The zero-order chi connectivity index (χ0) is 25.7. The molecule has 1 N–H and O–H groups in total. The molecule has 1 aromatic heterocycles. The predicted molar refractivity (Wildman–Crippen MR) is 153 cm³/mol. The molecule has 6 heteroatoms.